The van der Waals surface area contributed by atoms with E-state index in [2.05, 4.69) is 11.6 Å². The fourth-order valence-electron chi connectivity index (χ4n) is 2.82. The third-order valence-corrected chi connectivity index (χ3v) is 4.22. The van der Waals surface area contributed by atoms with E-state index in [9.17, 15) is 4.79 Å². The van der Waals surface area contributed by atoms with Gasteiger partial charge in [0.05, 0.1) is 0 Å². The zero-order valence-electron chi connectivity index (χ0n) is 15.6. The summed E-state index contributed by atoms with van der Waals surface area (Å²) in [6.45, 7) is 2.26. The second-order valence-corrected chi connectivity index (χ2v) is 6.52. The van der Waals surface area contributed by atoms with Crippen LogP contribution in [0, 0.1) is 0 Å². The predicted octanol–water partition coefficient (Wildman–Crippen LogP) is 4.76. The molecule has 0 aromatic rings. The van der Waals surface area contributed by atoms with E-state index in [-0.39, 0.29) is 32.6 Å². The first-order valence-corrected chi connectivity index (χ1v) is 9.72. The number of rotatable bonds is 17. The van der Waals surface area contributed by atoms with E-state index >= 15 is 0 Å². The monoisotopic (exact) mass is 418 g/mol. The van der Waals surface area contributed by atoms with Gasteiger partial charge in [-0.2, -0.15) is 0 Å². The number of hydrogen-bond donors (Lipinski definition) is 2. The number of carbonyl (C=O) groups is 1. The zero-order valence-corrected chi connectivity index (χ0v) is 18.1. The van der Waals surface area contributed by atoms with Gasteiger partial charge in [-0.25, -0.2) is 0 Å². The first-order valence-electron chi connectivity index (χ1n) is 9.72. The van der Waals surface area contributed by atoms with Crippen molar-refractivity contribution < 1.29 is 45.7 Å². The quantitative estimate of drug-likeness (QED) is 0.264. The Kier molecular flexibility index (Phi) is 23.7. The Morgan fingerprint density at radius 1 is 0.708 bits per heavy atom. The third kappa shape index (κ3) is 22.3. The van der Waals surface area contributed by atoms with Crippen molar-refractivity contribution in [1.82, 2.24) is 0 Å². The van der Waals surface area contributed by atoms with Gasteiger partial charge in [-0.3, -0.25) is 4.79 Å². The second kappa shape index (κ2) is 21.4. The first kappa shape index (κ1) is 26.6. The normalized spacial score (nSPS) is 10.3. The molecule has 0 atom stereocenters. The fraction of sp³-hybridized carbons (Fsp3) is 0.944. The molecule has 24 heavy (non-hydrogen) atoms. The van der Waals surface area contributed by atoms with E-state index in [1.54, 1.807) is 0 Å². The van der Waals surface area contributed by atoms with E-state index in [1.165, 1.54) is 77.0 Å². The molecule has 0 unspecified atom stereocenters. The van der Waals surface area contributed by atoms with Crippen LogP contribution in [0.5, 0.6) is 0 Å². The molecule has 0 aliphatic rings. The van der Waals surface area contributed by atoms with E-state index in [1.807, 2.05) is 0 Å². The summed E-state index contributed by atoms with van der Waals surface area (Å²) < 4.78 is 4.24. The van der Waals surface area contributed by atoms with E-state index in [0.717, 1.165) is 19.3 Å². The topological polar surface area (TPSA) is 66.8 Å². The standard InChI is InChI=1S/C18H37BO4.Zr/c1-2-3-4-5-6-7-8-9-10-11-12-13-14-15-16-17-18(20)23-19(21)22;/h21-22H,2-17H2,1H3;. The number of hydrogen-bond acceptors (Lipinski definition) is 4. The van der Waals surface area contributed by atoms with Crippen molar-refractivity contribution in [3.8, 4) is 0 Å². The molecule has 6 heteroatoms. The molecule has 0 heterocycles. The molecule has 0 aliphatic carbocycles. The minimum atomic E-state index is -1.97. The van der Waals surface area contributed by atoms with Crippen molar-refractivity contribution >= 4 is 13.3 Å². The average molecular weight is 420 g/mol. The molecule has 0 fully saturated rings. The fourth-order valence-corrected chi connectivity index (χ4v) is 2.82. The maximum absolute atomic E-state index is 11.0. The molecule has 0 aromatic heterocycles. The van der Waals surface area contributed by atoms with Gasteiger partial charge in [0.15, 0.2) is 0 Å². The first-order chi connectivity index (χ1) is 11.2. The number of unbranched alkanes of at least 4 members (excludes halogenated alkanes) is 14. The maximum Gasteiger partial charge on any atom is 0.709 e. The second-order valence-electron chi connectivity index (χ2n) is 6.52. The molecule has 0 spiro atoms. The summed E-state index contributed by atoms with van der Waals surface area (Å²) in [5.41, 5.74) is 0. The summed E-state index contributed by atoms with van der Waals surface area (Å²) >= 11 is 0. The van der Waals surface area contributed by atoms with Crippen molar-refractivity contribution in [2.24, 2.45) is 0 Å². The van der Waals surface area contributed by atoms with Gasteiger partial charge >= 0.3 is 7.32 Å². The molecule has 0 aromatic carbocycles. The van der Waals surface area contributed by atoms with Gasteiger partial charge in [0, 0.05) is 32.6 Å². The zero-order chi connectivity index (χ0) is 17.2. The van der Waals surface area contributed by atoms with Crippen LogP contribution in [-0.4, -0.2) is 23.3 Å². The molecular formula is C18H37BO4Zr. The Balaban J connectivity index is 0. The number of carbonyl (C=O) groups excluding carboxylic acids is 1. The minimum absolute atomic E-state index is 0. The predicted molar refractivity (Wildman–Crippen MR) is 95.8 cm³/mol. The molecule has 4 nitrogen and oxygen atoms in total. The molecule has 0 amide bonds. The Morgan fingerprint density at radius 3 is 1.38 bits per heavy atom. The van der Waals surface area contributed by atoms with Gasteiger partial charge in [0.2, 0.25) is 0 Å². The molecule has 140 valence electrons. The van der Waals surface area contributed by atoms with Crippen LogP contribution in [0.15, 0.2) is 0 Å². The van der Waals surface area contributed by atoms with Crippen LogP contribution in [0.25, 0.3) is 0 Å². The van der Waals surface area contributed by atoms with E-state index < -0.39 is 13.3 Å². The SMILES string of the molecule is CCCCCCCCCCCCCCCCCC(=O)OB(O)O.[Zr]. The van der Waals surface area contributed by atoms with Crippen molar-refractivity contribution in [2.45, 2.75) is 110 Å². The summed E-state index contributed by atoms with van der Waals surface area (Å²) in [6.07, 6.45) is 19.5. The van der Waals surface area contributed by atoms with Crippen LogP contribution >= 0.6 is 0 Å². The van der Waals surface area contributed by atoms with Gasteiger partial charge in [0.1, 0.15) is 0 Å². The molecule has 0 rings (SSSR count). The van der Waals surface area contributed by atoms with Crippen LogP contribution in [-0.2, 0) is 35.7 Å². The summed E-state index contributed by atoms with van der Waals surface area (Å²) in [4.78, 5) is 11.0. The van der Waals surface area contributed by atoms with Gasteiger partial charge in [0.25, 0.3) is 5.97 Å². The molecule has 0 saturated carbocycles. The average Bonchev–Trinajstić information content (AvgIpc) is 2.50. The Labute approximate surface area is 168 Å². The van der Waals surface area contributed by atoms with Crippen molar-refractivity contribution in [2.75, 3.05) is 0 Å². The smallest absolute Gasteiger partial charge is 0.485 e. The van der Waals surface area contributed by atoms with Crippen LogP contribution < -0.4 is 0 Å². The Bertz CT molecular complexity index is 265. The minimum Gasteiger partial charge on any atom is -0.485 e. The van der Waals surface area contributed by atoms with Crippen LogP contribution in [0.2, 0.25) is 0 Å². The van der Waals surface area contributed by atoms with Crippen LogP contribution in [0.4, 0.5) is 0 Å². The Hall–Kier alpha value is 0.338. The van der Waals surface area contributed by atoms with Crippen molar-refractivity contribution in [3.63, 3.8) is 0 Å². The molecular weight excluding hydrogens is 382 g/mol. The maximum atomic E-state index is 11.0. The Morgan fingerprint density at radius 2 is 1.04 bits per heavy atom. The molecule has 0 saturated heterocycles. The summed E-state index contributed by atoms with van der Waals surface area (Å²) in [5, 5.41) is 16.9. The molecule has 0 radical (unpaired) electrons. The van der Waals surface area contributed by atoms with Gasteiger partial charge < -0.3 is 14.7 Å². The van der Waals surface area contributed by atoms with Crippen LogP contribution in [0.1, 0.15) is 110 Å². The summed E-state index contributed by atoms with van der Waals surface area (Å²) in [7, 11) is -1.97. The summed E-state index contributed by atoms with van der Waals surface area (Å²) in [6, 6.07) is 0. The van der Waals surface area contributed by atoms with Crippen molar-refractivity contribution in [1.29, 1.82) is 0 Å². The van der Waals surface area contributed by atoms with E-state index in [4.69, 9.17) is 10.0 Å². The molecule has 0 aliphatic heterocycles. The van der Waals surface area contributed by atoms with Crippen LogP contribution in [0.3, 0.4) is 0 Å². The van der Waals surface area contributed by atoms with E-state index in [0.29, 0.717) is 0 Å². The van der Waals surface area contributed by atoms with Gasteiger partial charge in [-0.15, -0.1) is 0 Å². The van der Waals surface area contributed by atoms with Crippen molar-refractivity contribution in [3.05, 3.63) is 0 Å². The summed E-state index contributed by atoms with van der Waals surface area (Å²) in [5.74, 6) is -0.533. The van der Waals surface area contributed by atoms with Gasteiger partial charge in [-0.05, 0) is 6.42 Å². The molecule has 0 bridgehead atoms. The largest absolute Gasteiger partial charge is 0.709 e. The van der Waals surface area contributed by atoms with Gasteiger partial charge in [-0.1, -0.05) is 96.8 Å². The third-order valence-electron chi connectivity index (χ3n) is 4.22. The molecule has 2 N–H and O–H groups in total.